The van der Waals surface area contributed by atoms with Crippen molar-refractivity contribution in [2.45, 2.75) is 6.92 Å². The van der Waals surface area contributed by atoms with Crippen molar-refractivity contribution in [3.63, 3.8) is 0 Å². The van der Waals surface area contributed by atoms with Gasteiger partial charge in [-0.3, -0.25) is 4.79 Å². The van der Waals surface area contributed by atoms with Crippen molar-refractivity contribution in [1.29, 1.82) is 0 Å². The molecule has 0 aliphatic carbocycles. The van der Waals surface area contributed by atoms with Gasteiger partial charge < -0.3 is 24.4 Å². The molecule has 0 spiro atoms. The third-order valence-corrected chi connectivity index (χ3v) is 4.01. The highest BCUT2D eigenvalue weighted by Gasteiger charge is 2.26. The number of nitrogens with one attached hydrogen (secondary N) is 1. The first-order valence-electron chi connectivity index (χ1n) is 8.08. The number of hydrogen-bond donors (Lipinski definition) is 1. The molecule has 2 aromatic carbocycles. The summed E-state index contributed by atoms with van der Waals surface area (Å²) in [7, 11) is 3.07. The van der Waals surface area contributed by atoms with Gasteiger partial charge in [0.25, 0.3) is 0 Å². The molecule has 136 valence electrons. The van der Waals surface area contributed by atoms with Crippen LogP contribution in [-0.2, 0) is 9.59 Å². The van der Waals surface area contributed by atoms with Crippen LogP contribution in [0.15, 0.2) is 36.4 Å². The zero-order valence-electron chi connectivity index (χ0n) is 14.9. The van der Waals surface area contributed by atoms with Crippen LogP contribution in [0.1, 0.15) is 5.56 Å². The number of benzene rings is 2. The van der Waals surface area contributed by atoms with E-state index >= 15 is 0 Å². The Morgan fingerprint density at radius 1 is 1.19 bits per heavy atom. The van der Waals surface area contributed by atoms with E-state index in [1.807, 2.05) is 19.1 Å². The van der Waals surface area contributed by atoms with E-state index in [4.69, 9.17) is 14.2 Å². The number of aryl methyl sites for hydroxylation is 1. The number of ether oxygens (including phenoxy) is 3. The number of methoxy groups -OCH3 is 2. The molecule has 1 amide bonds. The second-order valence-electron chi connectivity index (χ2n) is 5.92. The maximum absolute atomic E-state index is 12.5. The summed E-state index contributed by atoms with van der Waals surface area (Å²) >= 11 is 0. The smallest absolute Gasteiger partial charge is 0.331 e. The SMILES string of the molecule is COc1ccc(OC)c(NC(=O)CN2CC(=O)Oc3ccc(C)cc32)c1. The Morgan fingerprint density at radius 2 is 2.00 bits per heavy atom. The first kappa shape index (κ1) is 17.6. The van der Waals surface area contributed by atoms with Crippen LogP contribution in [0.3, 0.4) is 0 Å². The molecule has 0 bridgehead atoms. The van der Waals surface area contributed by atoms with Crippen LogP contribution in [0, 0.1) is 6.92 Å². The van der Waals surface area contributed by atoms with Gasteiger partial charge in [0.1, 0.15) is 18.0 Å². The van der Waals surface area contributed by atoms with Crippen molar-refractivity contribution in [1.82, 2.24) is 0 Å². The van der Waals surface area contributed by atoms with Gasteiger partial charge in [-0.25, -0.2) is 4.79 Å². The molecular formula is C19H20N2O5. The molecular weight excluding hydrogens is 336 g/mol. The predicted octanol–water partition coefficient (Wildman–Crippen LogP) is 2.38. The van der Waals surface area contributed by atoms with E-state index in [0.29, 0.717) is 22.9 Å². The van der Waals surface area contributed by atoms with Gasteiger partial charge in [0, 0.05) is 6.07 Å². The summed E-state index contributed by atoms with van der Waals surface area (Å²) in [6, 6.07) is 10.6. The fourth-order valence-corrected chi connectivity index (χ4v) is 2.77. The average molecular weight is 356 g/mol. The van der Waals surface area contributed by atoms with Gasteiger partial charge in [-0.1, -0.05) is 6.07 Å². The molecule has 0 saturated heterocycles. The zero-order chi connectivity index (χ0) is 18.7. The van der Waals surface area contributed by atoms with Crippen LogP contribution in [0.5, 0.6) is 17.2 Å². The molecule has 26 heavy (non-hydrogen) atoms. The second-order valence-corrected chi connectivity index (χ2v) is 5.92. The van der Waals surface area contributed by atoms with Crippen LogP contribution in [0.2, 0.25) is 0 Å². The Hall–Kier alpha value is -3.22. The first-order valence-corrected chi connectivity index (χ1v) is 8.08. The van der Waals surface area contributed by atoms with Gasteiger partial charge in [0.05, 0.1) is 32.1 Å². The molecule has 1 N–H and O–H groups in total. The molecule has 0 fully saturated rings. The normalized spacial score (nSPS) is 12.9. The van der Waals surface area contributed by atoms with Crippen molar-refractivity contribution in [2.75, 3.05) is 37.5 Å². The molecule has 2 aromatic rings. The summed E-state index contributed by atoms with van der Waals surface area (Å²) in [5.74, 6) is 0.905. The number of fused-ring (bicyclic) bond motifs is 1. The summed E-state index contributed by atoms with van der Waals surface area (Å²) in [4.78, 5) is 26.1. The minimum absolute atomic E-state index is 0.00587. The summed E-state index contributed by atoms with van der Waals surface area (Å²) in [5, 5.41) is 2.81. The van der Waals surface area contributed by atoms with Gasteiger partial charge in [0.15, 0.2) is 5.75 Å². The lowest BCUT2D eigenvalue weighted by atomic mass is 10.1. The maximum Gasteiger partial charge on any atom is 0.331 e. The number of amides is 1. The largest absolute Gasteiger partial charge is 0.497 e. The highest BCUT2D eigenvalue weighted by molar-refractivity contribution is 5.97. The molecule has 1 heterocycles. The highest BCUT2D eigenvalue weighted by Crippen LogP contribution is 2.33. The van der Waals surface area contributed by atoms with E-state index in [9.17, 15) is 9.59 Å². The van der Waals surface area contributed by atoms with E-state index in [2.05, 4.69) is 5.32 Å². The standard InChI is InChI=1S/C19H20N2O5/c1-12-4-6-17-15(8-12)21(11-19(23)26-17)10-18(22)20-14-9-13(24-2)5-7-16(14)25-3/h4-9H,10-11H2,1-3H3,(H,20,22). The molecule has 7 nitrogen and oxygen atoms in total. The van der Waals surface area contributed by atoms with Crippen molar-refractivity contribution in [3.8, 4) is 17.2 Å². The van der Waals surface area contributed by atoms with Crippen LogP contribution in [-0.4, -0.2) is 39.2 Å². The molecule has 0 unspecified atom stereocenters. The number of hydrogen-bond acceptors (Lipinski definition) is 6. The van der Waals surface area contributed by atoms with Gasteiger partial charge in [0.2, 0.25) is 5.91 Å². The summed E-state index contributed by atoms with van der Waals surface area (Å²) in [6.07, 6.45) is 0. The molecule has 0 aromatic heterocycles. The van der Waals surface area contributed by atoms with E-state index in [0.717, 1.165) is 11.3 Å². The number of rotatable bonds is 5. The fourth-order valence-electron chi connectivity index (χ4n) is 2.77. The molecule has 3 rings (SSSR count). The van der Waals surface area contributed by atoms with Crippen LogP contribution < -0.4 is 24.4 Å². The van der Waals surface area contributed by atoms with Crippen LogP contribution >= 0.6 is 0 Å². The van der Waals surface area contributed by atoms with E-state index in [-0.39, 0.29) is 19.0 Å². The van der Waals surface area contributed by atoms with E-state index in [1.54, 1.807) is 36.3 Å². The summed E-state index contributed by atoms with van der Waals surface area (Å²) < 4.78 is 15.7. The predicted molar refractivity (Wildman–Crippen MR) is 97.2 cm³/mol. The Kier molecular flexibility index (Phi) is 4.97. The van der Waals surface area contributed by atoms with Gasteiger partial charge in [-0.05, 0) is 36.8 Å². The number of anilines is 2. The van der Waals surface area contributed by atoms with Gasteiger partial charge >= 0.3 is 5.97 Å². The number of carbonyl (C=O) groups excluding carboxylic acids is 2. The third-order valence-electron chi connectivity index (χ3n) is 4.01. The lowest BCUT2D eigenvalue weighted by molar-refractivity contribution is -0.133. The number of esters is 1. The number of nitrogens with zero attached hydrogens (tertiary/aromatic N) is 1. The lowest BCUT2D eigenvalue weighted by Gasteiger charge is -2.29. The fraction of sp³-hybridized carbons (Fsp3) is 0.263. The highest BCUT2D eigenvalue weighted by atomic mass is 16.5. The zero-order valence-corrected chi connectivity index (χ0v) is 14.9. The van der Waals surface area contributed by atoms with Crippen molar-refractivity contribution in [2.24, 2.45) is 0 Å². The Bertz CT molecular complexity index is 850. The van der Waals surface area contributed by atoms with E-state index < -0.39 is 5.97 Å². The molecule has 1 aliphatic heterocycles. The van der Waals surface area contributed by atoms with Crippen molar-refractivity contribution < 1.29 is 23.8 Å². The maximum atomic E-state index is 12.5. The molecule has 0 atom stereocenters. The van der Waals surface area contributed by atoms with Gasteiger partial charge in [-0.2, -0.15) is 0 Å². The minimum atomic E-state index is -0.395. The van der Waals surface area contributed by atoms with E-state index in [1.165, 1.54) is 7.11 Å². The molecule has 0 saturated carbocycles. The first-order chi connectivity index (χ1) is 12.5. The Labute approximate surface area is 151 Å². The average Bonchev–Trinajstić information content (AvgIpc) is 2.62. The summed E-state index contributed by atoms with van der Waals surface area (Å²) in [5.41, 5.74) is 2.24. The van der Waals surface area contributed by atoms with Crippen LogP contribution in [0.25, 0.3) is 0 Å². The summed E-state index contributed by atoms with van der Waals surface area (Å²) in [6.45, 7) is 1.96. The van der Waals surface area contributed by atoms with Gasteiger partial charge in [-0.15, -0.1) is 0 Å². The quantitative estimate of drug-likeness (QED) is 0.655. The minimum Gasteiger partial charge on any atom is -0.497 e. The molecule has 1 aliphatic rings. The third kappa shape index (κ3) is 3.72. The Morgan fingerprint density at radius 3 is 2.73 bits per heavy atom. The van der Waals surface area contributed by atoms with Crippen LogP contribution in [0.4, 0.5) is 11.4 Å². The monoisotopic (exact) mass is 356 g/mol. The topological polar surface area (TPSA) is 77.1 Å². The molecule has 7 heteroatoms. The number of carbonyl (C=O) groups is 2. The molecule has 0 radical (unpaired) electrons. The van der Waals surface area contributed by atoms with Crippen molar-refractivity contribution in [3.05, 3.63) is 42.0 Å². The Balaban J connectivity index is 1.79. The second kappa shape index (κ2) is 7.35. The van der Waals surface area contributed by atoms with Crippen molar-refractivity contribution >= 4 is 23.3 Å². The lowest BCUT2D eigenvalue weighted by Crippen LogP contribution is -2.41.